The van der Waals surface area contributed by atoms with Crippen molar-refractivity contribution >= 4 is 29.6 Å². The molecule has 0 bridgehead atoms. The number of carbonyl (C=O) groups excluding carboxylic acids is 3. The van der Waals surface area contributed by atoms with Gasteiger partial charge in [0.15, 0.2) is 0 Å². The number of rotatable bonds is 7. The summed E-state index contributed by atoms with van der Waals surface area (Å²) in [4.78, 5) is 38.5. The summed E-state index contributed by atoms with van der Waals surface area (Å²) in [5, 5.41) is 2.23. The highest BCUT2D eigenvalue weighted by Crippen LogP contribution is 2.23. The first kappa shape index (κ1) is 22.8. The van der Waals surface area contributed by atoms with Gasteiger partial charge in [0.25, 0.3) is 11.8 Å². The smallest absolute Gasteiger partial charge is 0.335 e. The molecule has 1 N–H and O–H groups in total. The highest BCUT2D eigenvalue weighted by atomic mass is 16.5. The average molecular weight is 456 g/mol. The number of amides is 4. The summed E-state index contributed by atoms with van der Waals surface area (Å²) < 4.78 is 11.3. The second kappa shape index (κ2) is 10.0. The minimum Gasteiger partial charge on any atom is -0.490 e. The van der Waals surface area contributed by atoms with Gasteiger partial charge in [-0.15, -0.1) is 0 Å². The van der Waals surface area contributed by atoms with E-state index in [1.807, 2.05) is 38.1 Å². The Hall–Kier alpha value is -4.39. The van der Waals surface area contributed by atoms with Crippen LogP contribution in [0.15, 0.2) is 78.4 Å². The van der Waals surface area contributed by atoms with E-state index in [0.717, 1.165) is 16.2 Å². The minimum absolute atomic E-state index is 0.125. The maximum absolute atomic E-state index is 13.0. The van der Waals surface area contributed by atoms with Gasteiger partial charge in [-0.3, -0.25) is 14.9 Å². The van der Waals surface area contributed by atoms with Crippen molar-refractivity contribution < 1.29 is 23.9 Å². The van der Waals surface area contributed by atoms with Gasteiger partial charge in [0, 0.05) is 0 Å². The third kappa shape index (κ3) is 5.32. The number of carbonyl (C=O) groups is 3. The van der Waals surface area contributed by atoms with Crippen LogP contribution >= 0.6 is 0 Å². The fourth-order valence-electron chi connectivity index (χ4n) is 3.37. The molecule has 7 heteroatoms. The lowest BCUT2D eigenvalue weighted by molar-refractivity contribution is -0.122. The molecular formula is C27H24N2O5. The number of anilines is 1. The van der Waals surface area contributed by atoms with Crippen molar-refractivity contribution in [3.8, 4) is 11.5 Å². The van der Waals surface area contributed by atoms with Gasteiger partial charge in [0.2, 0.25) is 0 Å². The zero-order valence-electron chi connectivity index (χ0n) is 18.9. The predicted molar refractivity (Wildman–Crippen MR) is 129 cm³/mol. The summed E-state index contributed by atoms with van der Waals surface area (Å²) in [6.07, 6.45) is 1.45. The van der Waals surface area contributed by atoms with Crippen molar-refractivity contribution in [2.45, 2.75) is 13.8 Å². The Morgan fingerprint density at radius 2 is 1.24 bits per heavy atom. The summed E-state index contributed by atoms with van der Waals surface area (Å²) >= 11 is 0. The van der Waals surface area contributed by atoms with Gasteiger partial charge in [-0.2, -0.15) is 0 Å². The van der Waals surface area contributed by atoms with Crippen molar-refractivity contribution in [1.82, 2.24) is 5.32 Å². The summed E-state index contributed by atoms with van der Waals surface area (Å²) in [5.74, 6) is 0.00780. The Bertz CT molecular complexity index is 1230. The topological polar surface area (TPSA) is 84.9 Å². The normalized spacial score (nSPS) is 14.8. The molecule has 1 heterocycles. The van der Waals surface area contributed by atoms with Crippen LogP contribution in [-0.2, 0) is 9.59 Å². The molecule has 7 nitrogen and oxygen atoms in total. The lowest BCUT2D eigenvalue weighted by Gasteiger charge is -2.26. The van der Waals surface area contributed by atoms with Gasteiger partial charge in [-0.05, 0) is 61.9 Å². The van der Waals surface area contributed by atoms with Gasteiger partial charge in [0.1, 0.15) is 30.3 Å². The number of imide groups is 2. The molecule has 1 aliphatic heterocycles. The van der Waals surface area contributed by atoms with Crippen LogP contribution in [0, 0.1) is 13.8 Å². The molecule has 172 valence electrons. The van der Waals surface area contributed by atoms with Crippen molar-refractivity contribution in [3.05, 3.63) is 95.1 Å². The summed E-state index contributed by atoms with van der Waals surface area (Å²) in [5.41, 5.74) is 3.05. The monoisotopic (exact) mass is 456 g/mol. The van der Waals surface area contributed by atoms with Crippen molar-refractivity contribution in [3.63, 3.8) is 0 Å². The minimum atomic E-state index is -0.771. The number of nitrogens with one attached hydrogen (secondary N) is 1. The van der Waals surface area contributed by atoms with E-state index in [1.165, 1.54) is 11.6 Å². The van der Waals surface area contributed by atoms with Gasteiger partial charge in [-0.1, -0.05) is 47.5 Å². The maximum Gasteiger partial charge on any atom is 0.335 e. The summed E-state index contributed by atoms with van der Waals surface area (Å²) in [6, 6.07) is 20.9. The van der Waals surface area contributed by atoms with Gasteiger partial charge in [0.05, 0.1) is 5.69 Å². The van der Waals surface area contributed by atoms with Gasteiger partial charge < -0.3 is 9.47 Å². The maximum atomic E-state index is 13.0. The number of benzene rings is 3. The van der Waals surface area contributed by atoms with E-state index < -0.39 is 17.8 Å². The van der Waals surface area contributed by atoms with E-state index in [9.17, 15) is 14.4 Å². The first-order valence-corrected chi connectivity index (χ1v) is 10.8. The van der Waals surface area contributed by atoms with Crippen LogP contribution in [0.4, 0.5) is 10.5 Å². The van der Waals surface area contributed by atoms with Crippen LogP contribution in [0.2, 0.25) is 0 Å². The second-order valence-electron chi connectivity index (χ2n) is 7.87. The Kier molecular flexibility index (Phi) is 6.73. The van der Waals surface area contributed by atoms with Crippen LogP contribution in [0.3, 0.4) is 0 Å². The Labute approximate surface area is 197 Å². The van der Waals surface area contributed by atoms with Crippen LogP contribution in [0.25, 0.3) is 6.08 Å². The molecule has 34 heavy (non-hydrogen) atoms. The van der Waals surface area contributed by atoms with Crippen LogP contribution in [-0.4, -0.2) is 31.1 Å². The number of hydrogen-bond acceptors (Lipinski definition) is 5. The van der Waals surface area contributed by atoms with E-state index in [-0.39, 0.29) is 5.57 Å². The van der Waals surface area contributed by atoms with Crippen molar-refractivity contribution in [2.24, 2.45) is 0 Å². The summed E-state index contributed by atoms with van der Waals surface area (Å²) in [7, 11) is 0. The fraction of sp³-hybridized carbons (Fsp3) is 0.148. The van der Waals surface area contributed by atoms with E-state index in [0.29, 0.717) is 30.2 Å². The Balaban J connectivity index is 1.39. The average Bonchev–Trinajstić information content (AvgIpc) is 2.82. The van der Waals surface area contributed by atoms with Crippen molar-refractivity contribution in [1.29, 1.82) is 0 Å². The number of ether oxygens (including phenoxy) is 2. The number of hydrogen-bond donors (Lipinski definition) is 1. The fourth-order valence-corrected chi connectivity index (χ4v) is 3.37. The molecule has 3 aromatic carbocycles. The SMILES string of the molecule is Cc1ccc(OCCOc2ccc(/C=C3\C(=O)NC(=O)N(c4ccc(C)cc4)C3=O)cc2)cc1. The molecule has 0 saturated carbocycles. The van der Waals surface area contributed by atoms with E-state index in [4.69, 9.17) is 9.47 Å². The number of nitrogens with zero attached hydrogens (tertiary/aromatic N) is 1. The first-order chi connectivity index (χ1) is 16.4. The second-order valence-corrected chi connectivity index (χ2v) is 7.87. The molecule has 0 unspecified atom stereocenters. The van der Waals surface area contributed by atoms with Crippen LogP contribution in [0.5, 0.6) is 11.5 Å². The summed E-state index contributed by atoms with van der Waals surface area (Å²) in [6.45, 7) is 4.68. The molecule has 3 aromatic rings. The molecular weight excluding hydrogens is 432 g/mol. The standard InChI is InChI=1S/C27H24N2O5/c1-18-3-9-21(10-4-18)29-26(31)24(25(30)28-27(29)32)17-20-7-13-23(14-8-20)34-16-15-33-22-11-5-19(2)6-12-22/h3-14,17H,15-16H2,1-2H3,(H,28,30,32)/b24-17+. The van der Waals surface area contributed by atoms with Gasteiger partial charge in [-0.25, -0.2) is 9.69 Å². The van der Waals surface area contributed by atoms with Crippen LogP contribution < -0.4 is 19.7 Å². The molecule has 0 aliphatic carbocycles. The molecule has 0 radical (unpaired) electrons. The largest absolute Gasteiger partial charge is 0.490 e. The zero-order valence-corrected chi connectivity index (χ0v) is 18.9. The van der Waals surface area contributed by atoms with Crippen molar-refractivity contribution in [2.75, 3.05) is 18.1 Å². The highest BCUT2D eigenvalue weighted by Gasteiger charge is 2.36. The predicted octanol–water partition coefficient (Wildman–Crippen LogP) is 4.43. The molecule has 0 aromatic heterocycles. The lowest BCUT2D eigenvalue weighted by atomic mass is 10.1. The number of urea groups is 1. The molecule has 4 rings (SSSR count). The lowest BCUT2D eigenvalue weighted by Crippen LogP contribution is -2.54. The third-order valence-corrected chi connectivity index (χ3v) is 5.23. The quantitative estimate of drug-likeness (QED) is 0.323. The van der Waals surface area contributed by atoms with Crippen LogP contribution in [0.1, 0.15) is 16.7 Å². The molecule has 0 atom stereocenters. The van der Waals surface area contributed by atoms with E-state index in [2.05, 4.69) is 5.32 Å². The molecule has 0 spiro atoms. The zero-order chi connectivity index (χ0) is 24.1. The molecule has 1 fully saturated rings. The highest BCUT2D eigenvalue weighted by molar-refractivity contribution is 6.39. The van der Waals surface area contributed by atoms with E-state index in [1.54, 1.807) is 48.5 Å². The van der Waals surface area contributed by atoms with Gasteiger partial charge >= 0.3 is 6.03 Å². The molecule has 4 amide bonds. The number of barbiturate groups is 1. The molecule has 1 aliphatic rings. The first-order valence-electron chi connectivity index (χ1n) is 10.8. The number of aryl methyl sites for hydroxylation is 2. The Morgan fingerprint density at radius 1 is 0.735 bits per heavy atom. The van der Waals surface area contributed by atoms with E-state index >= 15 is 0 Å². The third-order valence-electron chi connectivity index (χ3n) is 5.23. The Morgan fingerprint density at radius 3 is 1.79 bits per heavy atom. The molecule has 1 saturated heterocycles.